The molecule has 0 amide bonds. The van der Waals surface area contributed by atoms with Crippen molar-refractivity contribution in [3.63, 3.8) is 0 Å². The minimum Gasteiger partial charge on any atom is -0.384 e. The molecule has 3 aromatic rings. The van der Waals surface area contributed by atoms with E-state index in [4.69, 9.17) is 4.74 Å². The number of aromatic nitrogens is 6. The van der Waals surface area contributed by atoms with E-state index in [0.29, 0.717) is 24.1 Å². The molecule has 0 radical (unpaired) electrons. The molecule has 23 heavy (non-hydrogen) atoms. The number of anilines is 1. The molecule has 120 valence electrons. The third-order valence-electron chi connectivity index (χ3n) is 4.48. The van der Waals surface area contributed by atoms with Crippen LogP contribution in [0.3, 0.4) is 0 Å². The summed E-state index contributed by atoms with van der Waals surface area (Å²) in [4.78, 5) is 18.3. The Balaban J connectivity index is 1.67. The second-order valence-corrected chi connectivity index (χ2v) is 5.97. The average Bonchev–Trinajstić information content (AvgIpc) is 3.25. The molecule has 0 aromatic carbocycles. The number of rotatable bonds is 4. The highest BCUT2D eigenvalue weighted by molar-refractivity contribution is 5.82. The summed E-state index contributed by atoms with van der Waals surface area (Å²) in [6.07, 6.45) is 7.26. The Morgan fingerprint density at radius 1 is 1.30 bits per heavy atom. The maximum absolute atomic E-state index is 5.43. The van der Waals surface area contributed by atoms with Gasteiger partial charge in [0.1, 0.15) is 11.8 Å². The van der Waals surface area contributed by atoms with Crippen molar-refractivity contribution in [1.29, 1.82) is 0 Å². The molecule has 1 saturated heterocycles. The topological polar surface area (TPSA) is 84.8 Å². The van der Waals surface area contributed by atoms with E-state index < -0.39 is 0 Å². The highest BCUT2D eigenvalue weighted by Crippen LogP contribution is 2.36. The Hall–Kier alpha value is -2.48. The monoisotopic (exact) mass is 313 g/mol. The number of nitrogens with one attached hydrogen (secondary N) is 1. The fourth-order valence-electron chi connectivity index (χ4n) is 3.43. The number of aromatic amines is 1. The zero-order valence-electron chi connectivity index (χ0n) is 13.2. The molecule has 4 heterocycles. The predicted molar refractivity (Wildman–Crippen MR) is 85.2 cm³/mol. The molecule has 8 heteroatoms. The van der Waals surface area contributed by atoms with Gasteiger partial charge in [-0.2, -0.15) is 5.10 Å². The summed E-state index contributed by atoms with van der Waals surface area (Å²) >= 11 is 0. The van der Waals surface area contributed by atoms with E-state index in [2.05, 4.69) is 36.1 Å². The number of fused-ring (bicyclic) bond motifs is 1. The van der Waals surface area contributed by atoms with Crippen LogP contribution in [0.25, 0.3) is 11.2 Å². The molecule has 8 nitrogen and oxygen atoms in total. The third-order valence-corrected chi connectivity index (χ3v) is 4.48. The van der Waals surface area contributed by atoms with E-state index in [9.17, 15) is 0 Å². The van der Waals surface area contributed by atoms with Gasteiger partial charge in [-0.15, -0.1) is 0 Å². The number of aryl methyl sites for hydroxylation is 1. The summed E-state index contributed by atoms with van der Waals surface area (Å²) in [5.41, 5.74) is 2.82. The zero-order valence-corrected chi connectivity index (χ0v) is 13.2. The van der Waals surface area contributed by atoms with E-state index in [1.807, 2.05) is 17.9 Å². The maximum Gasteiger partial charge on any atom is 0.182 e. The fourth-order valence-corrected chi connectivity index (χ4v) is 3.43. The van der Waals surface area contributed by atoms with Gasteiger partial charge in [0.05, 0.1) is 19.1 Å². The van der Waals surface area contributed by atoms with E-state index >= 15 is 0 Å². The molecule has 0 saturated carbocycles. The van der Waals surface area contributed by atoms with Crippen molar-refractivity contribution >= 4 is 17.0 Å². The maximum atomic E-state index is 5.43. The Kier molecular flexibility index (Phi) is 3.45. The minimum atomic E-state index is 0.372. The van der Waals surface area contributed by atoms with Gasteiger partial charge in [0.15, 0.2) is 11.5 Å². The number of methoxy groups -OCH3 is 1. The number of imidazole rings is 1. The molecule has 2 atom stereocenters. The average molecular weight is 313 g/mol. The Labute approximate surface area is 133 Å². The predicted octanol–water partition coefficient (Wildman–Crippen LogP) is 0.953. The summed E-state index contributed by atoms with van der Waals surface area (Å²) in [5, 5.41) is 4.31. The SMILES string of the molecule is COC[C@@H]1CN(c2ncnc3nc[nH]c23)C[C@H]1c1cnn(C)c1. The van der Waals surface area contributed by atoms with Crippen molar-refractivity contribution in [3.8, 4) is 0 Å². The van der Waals surface area contributed by atoms with Crippen molar-refractivity contribution in [2.45, 2.75) is 5.92 Å². The Morgan fingerprint density at radius 3 is 3.00 bits per heavy atom. The lowest BCUT2D eigenvalue weighted by molar-refractivity contribution is 0.153. The normalized spacial score (nSPS) is 21.4. The number of nitrogens with zero attached hydrogens (tertiary/aromatic N) is 6. The van der Waals surface area contributed by atoms with Gasteiger partial charge in [0, 0.05) is 45.3 Å². The number of hydrogen-bond acceptors (Lipinski definition) is 6. The third kappa shape index (κ3) is 2.44. The van der Waals surface area contributed by atoms with Crippen LogP contribution in [0.1, 0.15) is 11.5 Å². The highest BCUT2D eigenvalue weighted by Gasteiger charge is 2.36. The largest absolute Gasteiger partial charge is 0.384 e. The van der Waals surface area contributed by atoms with Gasteiger partial charge in [-0.3, -0.25) is 4.68 Å². The van der Waals surface area contributed by atoms with E-state index in [1.54, 1.807) is 19.8 Å². The fraction of sp³-hybridized carbons (Fsp3) is 0.467. The molecule has 0 unspecified atom stereocenters. The number of ether oxygens (including phenoxy) is 1. The van der Waals surface area contributed by atoms with Crippen LogP contribution in [0.5, 0.6) is 0 Å². The zero-order chi connectivity index (χ0) is 15.8. The second kappa shape index (κ2) is 5.62. The van der Waals surface area contributed by atoms with Crippen LogP contribution in [0.15, 0.2) is 25.0 Å². The van der Waals surface area contributed by atoms with Crippen molar-refractivity contribution in [2.24, 2.45) is 13.0 Å². The highest BCUT2D eigenvalue weighted by atomic mass is 16.5. The lowest BCUT2D eigenvalue weighted by Gasteiger charge is -2.17. The van der Waals surface area contributed by atoms with E-state index in [1.165, 1.54) is 5.56 Å². The first-order valence-corrected chi connectivity index (χ1v) is 7.62. The molecule has 1 aliphatic heterocycles. The van der Waals surface area contributed by atoms with Crippen LogP contribution in [-0.2, 0) is 11.8 Å². The molecule has 4 rings (SSSR count). The Bertz CT molecular complexity index is 811. The summed E-state index contributed by atoms with van der Waals surface area (Å²) in [6.45, 7) is 2.48. The molecular formula is C15H19N7O. The van der Waals surface area contributed by atoms with Crippen molar-refractivity contribution in [1.82, 2.24) is 29.7 Å². The van der Waals surface area contributed by atoms with Crippen LogP contribution in [0, 0.1) is 5.92 Å². The molecular weight excluding hydrogens is 294 g/mol. The summed E-state index contributed by atoms with van der Waals surface area (Å²) in [5.74, 6) is 1.67. The lowest BCUT2D eigenvalue weighted by Crippen LogP contribution is -2.22. The second-order valence-electron chi connectivity index (χ2n) is 5.97. The summed E-state index contributed by atoms with van der Waals surface area (Å²) in [7, 11) is 3.70. The molecule has 0 aliphatic carbocycles. The van der Waals surface area contributed by atoms with Crippen LogP contribution in [-0.4, -0.2) is 56.5 Å². The van der Waals surface area contributed by atoms with Crippen molar-refractivity contribution < 1.29 is 4.74 Å². The smallest absolute Gasteiger partial charge is 0.182 e. The minimum absolute atomic E-state index is 0.372. The van der Waals surface area contributed by atoms with Crippen LogP contribution >= 0.6 is 0 Å². The number of H-pyrrole nitrogens is 1. The van der Waals surface area contributed by atoms with Crippen LogP contribution in [0.2, 0.25) is 0 Å². The van der Waals surface area contributed by atoms with Crippen molar-refractivity contribution in [3.05, 3.63) is 30.6 Å². The van der Waals surface area contributed by atoms with E-state index in [-0.39, 0.29) is 0 Å². The molecule has 1 fully saturated rings. The van der Waals surface area contributed by atoms with Gasteiger partial charge in [-0.1, -0.05) is 0 Å². The molecule has 3 aromatic heterocycles. The van der Waals surface area contributed by atoms with Crippen LogP contribution in [0.4, 0.5) is 5.82 Å². The Morgan fingerprint density at radius 2 is 2.22 bits per heavy atom. The van der Waals surface area contributed by atoms with Crippen molar-refractivity contribution in [2.75, 3.05) is 31.7 Å². The van der Waals surface area contributed by atoms with Gasteiger partial charge in [-0.25, -0.2) is 15.0 Å². The lowest BCUT2D eigenvalue weighted by atomic mass is 9.92. The first kappa shape index (κ1) is 14.1. The molecule has 0 bridgehead atoms. The van der Waals surface area contributed by atoms with Gasteiger partial charge < -0.3 is 14.6 Å². The standard InChI is InChI=1S/C15H19N7O/c1-21-4-10(3-20-21)12-6-22(5-11(12)7-23-2)15-13-14(17-8-16-13)18-9-19-15/h3-4,8-9,11-12H,5-7H2,1-2H3,(H,16,17,18,19)/t11-,12-/m0/s1. The summed E-state index contributed by atoms with van der Waals surface area (Å²) in [6, 6.07) is 0. The van der Waals surface area contributed by atoms with Gasteiger partial charge in [0.2, 0.25) is 0 Å². The number of hydrogen-bond donors (Lipinski definition) is 1. The van der Waals surface area contributed by atoms with Gasteiger partial charge in [0.25, 0.3) is 0 Å². The summed E-state index contributed by atoms with van der Waals surface area (Å²) < 4.78 is 7.28. The molecule has 0 spiro atoms. The molecule has 1 aliphatic rings. The van der Waals surface area contributed by atoms with Gasteiger partial charge in [-0.05, 0) is 5.56 Å². The quantitative estimate of drug-likeness (QED) is 0.772. The van der Waals surface area contributed by atoms with Crippen LogP contribution < -0.4 is 4.90 Å². The molecule has 1 N–H and O–H groups in total. The van der Waals surface area contributed by atoms with Gasteiger partial charge >= 0.3 is 0 Å². The van der Waals surface area contributed by atoms with E-state index in [0.717, 1.165) is 24.4 Å². The first-order valence-electron chi connectivity index (χ1n) is 7.62. The first-order chi connectivity index (χ1) is 11.3.